The number of rotatable bonds is 2. The van der Waals surface area contributed by atoms with Crippen molar-refractivity contribution in [3.8, 4) is 5.75 Å². The predicted octanol–water partition coefficient (Wildman–Crippen LogP) is 4.04. The first-order chi connectivity index (χ1) is 9.58. The van der Waals surface area contributed by atoms with Gasteiger partial charge in [0.05, 0.1) is 0 Å². The maximum Gasteiger partial charge on any atom is 0.251 e. The third-order valence-electron chi connectivity index (χ3n) is 4.34. The molecular weight excluding hydrogens is 262 g/mol. The summed E-state index contributed by atoms with van der Waals surface area (Å²) >= 11 is 0. The maximum atomic E-state index is 12.5. The minimum Gasteiger partial charge on any atom is -0.508 e. The molecule has 1 fully saturated rings. The molecule has 0 radical (unpaired) electrons. The van der Waals surface area contributed by atoms with E-state index in [1.807, 2.05) is 6.92 Å². The number of phenolic OH excluding ortho intramolecular Hbond substituents is 1. The van der Waals surface area contributed by atoms with Gasteiger partial charge in [-0.2, -0.15) is 0 Å². The van der Waals surface area contributed by atoms with Gasteiger partial charge in [0.15, 0.2) is 0 Å². The fraction of sp³-hybridized carbons (Fsp3) is 0.611. The van der Waals surface area contributed by atoms with Crippen molar-refractivity contribution < 1.29 is 9.90 Å². The molecule has 3 nitrogen and oxygen atoms in total. The Morgan fingerprint density at radius 3 is 2.29 bits per heavy atom. The summed E-state index contributed by atoms with van der Waals surface area (Å²) in [5, 5.41) is 12.6. The lowest BCUT2D eigenvalue weighted by molar-refractivity contribution is 0.0713. The average Bonchev–Trinajstić information content (AvgIpc) is 2.23. The molecule has 1 aromatic carbocycles. The van der Waals surface area contributed by atoms with Crippen LogP contribution in [0.15, 0.2) is 18.2 Å². The number of aryl methyl sites for hydroxylation is 1. The van der Waals surface area contributed by atoms with Crippen LogP contribution in [0.3, 0.4) is 0 Å². The molecule has 0 aliphatic heterocycles. The molecule has 2 N–H and O–H groups in total. The number of phenols is 1. The highest BCUT2D eigenvalue weighted by atomic mass is 16.3. The smallest absolute Gasteiger partial charge is 0.251 e. The molecule has 1 aromatic rings. The molecule has 0 saturated heterocycles. The Hall–Kier alpha value is -1.51. The van der Waals surface area contributed by atoms with Gasteiger partial charge in [-0.3, -0.25) is 4.79 Å². The van der Waals surface area contributed by atoms with Crippen LogP contribution in [0, 0.1) is 17.8 Å². The summed E-state index contributed by atoms with van der Waals surface area (Å²) in [6, 6.07) is 5.10. The second-order valence-electron chi connectivity index (χ2n) is 8.08. The highest BCUT2D eigenvalue weighted by Crippen LogP contribution is 2.45. The van der Waals surface area contributed by atoms with E-state index in [1.54, 1.807) is 18.2 Å². The molecule has 21 heavy (non-hydrogen) atoms. The summed E-state index contributed by atoms with van der Waals surface area (Å²) in [5.74, 6) is 0.162. The van der Waals surface area contributed by atoms with E-state index in [0.29, 0.717) is 5.56 Å². The van der Waals surface area contributed by atoms with Crippen molar-refractivity contribution >= 4 is 5.91 Å². The zero-order valence-corrected chi connectivity index (χ0v) is 13.8. The summed E-state index contributed by atoms with van der Waals surface area (Å²) in [7, 11) is 0. The third-order valence-corrected chi connectivity index (χ3v) is 4.34. The lowest BCUT2D eigenvalue weighted by atomic mass is 9.63. The van der Waals surface area contributed by atoms with E-state index in [-0.39, 0.29) is 28.5 Å². The van der Waals surface area contributed by atoms with E-state index in [4.69, 9.17) is 0 Å². The fourth-order valence-electron chi connectivity index (χ4n) is 4.11. The number of aromatic hydroxyl groups is 1. The minimum absolute atomic E-state index is 0.0361. The number of benzene rings is 1. The second kappa shape index (κ2) is 5.36. The topological polar surface area (TPSA) is 49.3 Å². The van der Waals surface area contributed by atoms with Crippen LogP contribution < -0.4 is 5.32 Å². The Kier molecular flexibility index (Phi) is 4.05. The lowest BCUT2D eigenvalue weighted by Gasteiger charge is -2.45. The molecule has 0 aromatic heterocycles. The van der Waals surface area contributed by atoms with Gasteiger partial charge >= 0.3 is 0 Å². The number of hydrogen-bond acceptors (Lipinski definition) is 2. The monoisotopic (exact) mass is 289 g/mol. The van der Waals surface area contributed by atoms with E-state index in [1.165, 1.54) is 6.42 Å². The van der Waals surface area contributed by atoms with Gasteiger partial charge in [-0.25, -0.2) is 0 Å². The zero-order chi connectivity index (χ0) is 15.8. The minimum atomic E-state index is -0.0361. The van der Waals surface area contributed by atoms with Crippen molar-refractivity contribution in [2.45, 2.75) is 59.9 Å². The van der Waals surface area contributed by atoms with Crippen molar-refractivity contribution in [1.29, 1.82) is 0 Å². The molecule has 1 amide bonds. The lowest BCUT2D eigenvalue weighted by Crippen LogP contribution is -2.46. The maximum absolute atomic E-state index is 12.5. The molecule has 0 unspecified atom stereocenters. The molecular formula is C18H27NO2. The molecule has 1 saturated carbocycles. The van der Waals surface area contributed by atoms with Gasteiger partial charge in [0.2, 0.25) is 0 Å². The number of amides is 1. The molecule has 0 bridgehead atoms. The third kappa shape index (κ3) is 3.99. The first-order valence-corrected chi connectivity index (χ1v) is 7.69. The molecule has 1 aliphatic carbocycles. The highest BCUT2D eigenvalue weighted by Gasteiger charge is 2.38. The SMILES string of the molecule is Cc1cc(O)ccc1C(=O)NC1CC(C)(C)CC(C)(C)C1. The van der Waals surface area contributed by atoms with Gasteiger partial charge in [0, 0.05) is 11.6 Å². The van der Waals surface area contributed by atoms with Crippen LogP contribution in [0.25, 0.3) is 0 Å². The van der Waals surface area contributed by atoms with Crippen molar-refractivity contribution in [3.05, 3.63) is 29.3 Å². The van der Waals surface area contributed by atoms with Crippen molar-refractivity contribution in [2.75, 3.05) is 0 Å². The number of hydrogen-bond donors (Lipinski definition) is 2. The Labute approximate surface area is 127 Å². The highest BCUT2D eigenvalue weighted by molar-refractivity contribution is 5.96. The van der Waals surface area contributed by atoms with E-state index < -0.39 is 0 Å². The van der Waals surface area contributed by atoms with Gasteiger partial charge in [0.25, 0.3) is 5.91 Å². The van der Waals surface area contributed by atoms with Gasteiger partial charge in [-0.15, -0.1) is 0 Å². The Balaban J connectivity index is 2.12. The summed E-state index contributed by atoms with van der Waals surface area (Å²) in [5.41, 5.74) is 1.96. The Bertz CT molecular complexity index is 530. The summed E-state index contributed by atoms with van der Waals surface area (Å²) in [4.78, 5) is 12.5. The van der Waals surface area contributed by atoms with Gasteiger partial charge in [-0.1, -0.05) is 27.7 Å². The first-order valence-electron chi connectivity index (χ1n) is 7.69. The summed E-state index contributed by atoms with van der Waals surface area (Å²) < 4.78 is 0. The van der Waals surface area contributed by atoms with E-state index >= 15 is 0 Å². The van der Waals surface area contributed by atoms with Crippen LogP contribution in [0.1, 0.15) is 62.9 Å². The average molecular weight is 289 g/mol. The quantitative estimate of drug-likeness (QED) is 0.863. The normalized spacial score (nSPS) is 21.0. The van der Waals surface area contributed by atoms with Crippen LogP contribution in [0.4, 0.5) is 0 Å². The van der Waals surface area contributed by atoms with E-state index in [9.17, 15) is 9.90 Å². The summed E-state index contributed by atoms with van der Waals surface area (Å²) in [6.07, 6.45) is 3.21. The second-order valence-corrected chi connectivity index (χ2v) is 8.08. The number of carbonyl (C=O) groups excluding carboxylic acids is 1. The predicted molar refractivity (Wildman–Crippen MR) is 85.5 cm³/mol. The first kappa shape index (κ1) is 15.9. The molecule has 116 valence electrons. The van der Waals surface area contributed by atoms with Crippen LogP contribution in [0.2, 0.25) is 0 Å². The van der Waals surface area contributed by atoms with Crippen molar-refractivity contribution in [2.24, 2.45) is 10.8 Å². The molecule has 3 heteroatoms. The molecule has 0 spiro atoms. The van der Waals surface area contributed by atoms with Gasteiger partial charge in [0.1, 0.15) is 5.75 Å². The van der Waals surface area contributed by atoms with Crippen molar-refractivity contribution in [3.63, 3.8) is 0 Å². The Morgan fingerprint density at radius 2 is 1.76 bits per heavy atom. The number of carbonyl (C=O) groups is 1. The molecule has 0 heterocycles. The molecule has 1 aliphatic rings. The molecule has 2 rings (SSSR count). The van der Waals surface area contributed by atoms with Gasteiger partial charge in [-0.05, 0) is 60.8 Å². The standard InChI is InChI=1S/C18H27NO2/c1-12-8-14(20)6-7-15(12)16(21)19-13-9-17(2,3)11-18(4,5)10-13/h6-8,13,20H,9-11H2,1-5H3,(H,19,21). The van der Waals surface area contributed by atoms with E-state index in [2.05, 4.69) is 33.0 Å². The Morgan fingerprint density at radius 1 is 1.19 bits per heavy atom. The van der Waals surface area contributed by atoms with Crippen molar-refractivity contribution in [1.82, 2.24) is 5.32 Å². The zero-order valence-electron chi connectivity index (χ0n) is 13.8. The fourth-order valence-corrected chi connectivity index (χ4v) is 4.11. The summed E-state index contributed by atoms with van der Waals surface area (Å²) in [6.45, 7) is 11.0. The van der Waals surface area contributed by atoms with E-state index in [0.717, 1.165) is 18.4 Å². The largest absolute Gasteiger partial charge is 0.508 e. The van der Waals surface area contributed by atoms with Crippen LogP contribution in [-0.2, 0) is 0 Å². The molecule has 0 atom stereocenters. The van der Waals surface area contributed by atoms with Crippen LogP contribution in [0.5, 0.6) is 5.75 Å². The number of nitrogens with one attached hydrogen (secondary N) is 1. The van der Waals surface area contributed by atoms with Crippen LogP contribution in [-0.4, -0.2) is 17.1 Å². The van der Waals surface area contributed by atoms with Gasteiger partial charge < -0.3 is 10.4 Å². The van der Waals surface area contributed by atoms with Crippen LogP contribution >= 0.6 is 0 Å².